The third-order valence-electron chi connectivity index (χ3n) is 3.81. The standard InChI is InChI=1S/C16H24OSi/c1-5-6-7-12-10-13-8-9-14(17)16(13)15(11-12)18(2,3)4/h10-11H,5-9H2,1-4H3. The van der Waals surface area contributed by atoms with Crippen molar-refractivity contribution in [3.8, 4) is 0 Å². The summed E-state index contributed by atoms with van der Waals surface area (Å²) >= 11 is 0. The van der Waals surface area contributed by atoms with Crippen molar-refractivity contribution >= 4 is 19.0 Å². The average molecular weight is 260 g/mol. The van der Waals surface area contributed by atoms with Crippen LogP contribution in [0.2, 0.25) is 19.6 Å². The highest BCUT2D eigenvalue weighted by molar-refractivity contribution is 6.89. The van der Waals surface area contributed by atoms with Gasteiger partial charge >= 0.3 is 0 Å². The number of rotatable bonds is 4. The molecule has 0 aromatic heterocycles. The Labute approximate surface area is 112 Å². The number of carbonyl (C=O) groups is 1. The second-order valence-electron chi connectivity index (χ2n) is 6.45. The average Bonchev–Trinajstić information content (AvgIpc) is 2.66. The van der Waals surface area contributed by atoms with E-state index in [0.717, 1.165) is 24.8 Å². The smallest absolute Gasteiger partial charge is 0.163 e. The van der Waals surface area contributed by atoms with Crippen LogP contribution in [0.3, 0.4) is 0 Å². The minimum absolute atomic E-state index is 0.379. The van der Waals surface area contributed by atoms with Crippen LogP contribution in [0.15, 0.2) is 12.1 Å². The molecular formula is C16H24OSi. The van der Waals surface area contributed by atoms with Gasteiger partial charge in [0.15, 0.2) is 5.78 Å². The second-order valence-corrected chi connectivity index (χ2v) is 11.5. The van der Waals surface area contributed by atoms with Crippen LogP contribution in [-0.4, -0.2) is 13.9 Å². The van der Waals surface area contributed by atoms with Gasteiger partial charge in [-0.1, -0.05) is 45.1 Å². The van der Waals surface area contributed by atoms with Crippen molar-refractivity contribution in [2.75, 3.05) is 0 Å². The molecule has 0 fully saturated rings. The Bertz CT molecular complexity index is 469. The van der Waals surface area contributed by atoms with Crippen molar-refractivity contribution < 1.29 is 4.79 Å². The summed E-state index contributed by atoms with van der Waals surface area (Å²) in [6.07, 6.45) is 5.33. The molecule has 0 amide bonds. The zero-order valence-electron chi connectivity index (χ0n) is 12.1. The number of fused-ring (bicyclic) bond motifs is 1. The van der Waals surface area contributed by atoms with Gasteiger partial charge < -0.3 is 0 Å². The van der Waals surface area contributed by atoms with Crippen LogP contribution in [0.4, 0.5) is 0 Å². The van der Waals surface area contributed by atoms with Gasteiger partial charge in [-0.25, -0.2) is 0 Å². The number of Topliss-reactive ketones (excluding diaryl/α,β-unsaturated/α-hetero) is 1. The highest BCUT2D eigenvalue weighted by atomic mass is 28.3. The van der Waals surface area contributed by atoms with E-state index in [4.69, 9.17) is 0 Å². The number of ketones is 1. The highest BCUT2D eigenvalue weighted by Crippen LogP contribution is 2.25. The maximum absolute atomic E-state index is 12.1. The quantitative estimate of drug-likeness (QED) is 0.754. The minimum Gasteiger partial charge on any atom is -0.294 e. The molecule has 1 nitrogen and oxygen atoms in total. The van der Waals surface area contributed by atoms with Gasteiger partial charge in [0.25, 0.3) is 0 Å². The van der Waals surface area contributed by atoms with E-state index >= 15 is 0 Å². The van der Waals surface area contributed by atoms with Gasteiger partial charge in [-0.15, -0.1) is 0 Å². The molecule has 2 heteroatoms. The first-order valence-electron chi connectivity index (χ1n) is 7.13. The molecule has 0 bridgehead atoms. The van der Waals surface area contributed by atoms with E-state index in [0.29, 0.717) is 5.78 Å². The summed E-state index contributed by atoms with van der Waals surface area (Å²) < 4.78 is 0. The molecule has 18 heavy (non-hydrogen) atoms. The second kappa shape index (κ2) is 5.00. The third-order valence-corrected chi connectivity index (χ3v) is 5.82. The van der Waals surface area contributed by atoms with Crippen LogP contribution in [0.5, 0.6) is 0 Å². The van der Waals surface area contributed by atoms with Crippen LogP contribution in [0.1, 0.15) is 47.7 Å². The Hall–Kier alpha value is -0.893. The molecule has 0 spiro atoms. The van der Waals surface area contributed by atoms with Gasteiger partial charge in [0.2, 0.25) is 0 Å². The molecule has 98 valence electrons. The van der Waals surface area contributed by atoms with Crippen LogP contribution < -0.4 is 5.19 Å². The predicted octanol–water partition coefficient (Wildman–Crippen LogP) is 3.70. The summed E-state index contributed by atoms with van der Waals surface area (Å²) in [6.45, 7) is 9.27. The minimum atomic E-state index is -1.42. The molecule has 0 saturated carbocycles. The predicted molar refractivity (Wildman–Crippen MR) is 80.7 cm³/mol. The number of benzene rings is 1. The lowest BCUT2D eigenvalue weighted by Gasteiger charge is -2.21. The molecule has 1 aromatic carbocycles. The van der Waals surface area contributed by atoms with E-state index < -0.39 is 8.07 Å². The normalized spacial score (nSPS) is 15.0. The van der Waals surface area contributed by atoms with Crippen molar-refractivity contribution in [2.45, 2.75) is 58.7 Å². The lowest BCUT2D eigenvalue weighted by Crippen LogP contribution is -2.41. The molecule has 1 aliphatic rings. The summed E-state index contributed by atoms with van der Waals surface area (Å²) in [5, 5.41) is 1.40. The summed E-state index contributed by atoms with van der Waals surface area (Å²) in [5.41, 5.74) is 3.86. The number of hydrogen-bond donors (Lipinski definition) is 0. The van der Waals surface area contributed by atoms with Crippen LogP contribution in [0.25, 0.3) is 0 Å². The van der Waals surface area contributed by atoms with E-state index in [9.17, 15) is 4.79 Å². The van der Waals surface area contributed by atoms with Gasteiger partial charge in [-0.3, -0.25) is 4.79 Å². The molecule has 2 rings (SSSR count). The molecular weight excluding hydrogens is 236 g/mol. The monoisotopic (exact) mass is 260 g/mol. The molecule has 0 aliphatic heterocycles. The van der Waals surface area contributed by atoms with Crippen LogP contribution in [0, 0.1) is 0 Å². The molecule has 0 N–H and O–H groups in total. The summed E-state index contributed by atoms with van der Waals surface area (Å²) in [5.74, 6) is 0.379. The van der Waals surface area contributed by atoms with Gasteiger partial charge in [-0.05, 0) is 35.6 Å². The SMILES string of the molecule is CCCCc1cc2c(c([Si](C)(C)C)c1)C(=O)CC2. The number of unbranched alkanes of at least 4 members (excludes halogenated alkanes) is 1. The Kier molecular flexibility index (Phi) is 3.76. The van der Waals surface area contributed by atoms with E-state index in [2.05, 4.69) is 38.7 Å². The Morgan fingerprint density at radius 2 is 1.89 bits per heavy atom. The number of aryl methyl sites for hydroxylation is 2. The van der Waals surface area contributed by atoms with E-state index in [1.54, 1.807) is 0 Å². The number of hydrogen-bond acceptors (Lipinski definition) is 1. The van der Waals surface area contributed by atoms with E-state index in [1.165, 1.54) is 29.2 Å². The van der Waals surface area contributed by atoms with Gasteiger partial charge in [0.1, 0.15) is 0 Å². The first-order chi connectivity index (χ1) is 8.43. The first kappa shape index (κ1) is 13.5. The van der Waals surface area contributed by atoms with Crippen molar-refractivity contribution in [2.24, 2.45) is 0 Å². The van der Waals surface area contributed by atoms with Gasteiger partial charge in [0, 0.05) is 12.0 Å². The molecule has 0 heterocycles. The fraction of sp³-hybridized carbons (Fsp3) is 0.562. The molecule has 0 radical (unpaired) electrons. The van der Waals surface area contributed by atoms with E-state index in [-0.39, 0.29) is 0 Å². The zero-order chi connectivity index (χ0) is 13.3. The van der Waals surface area contributed by atoms with Crippen molar-refractivity contribution in [3.63, 3.8) is 0 Å². The summed E-state index contributed by atoms with van der Waals surface area (Å²) in [4.78, 5) is 12.1. The fourth-order valence-electron chi connectivity index (χ4n) is 2.78. The highest BCUT2D eigenvalue weighted by Gasteiger charge is 2.29. The third kappa shape index (κ3) is 2.58. The molecule has 1 aliphatic carbocycles. The fourth-order valence-corrected chi connectivity index (χ4v) is 4.45. The largest absolute Gasteiger partial charge is 0.294 e. The van der Waals surface area contributed by atoms with Gasteiger partial charge in [-0.2, -0.15) is 0 Å². The van der Waals surface area contributed by atoms with Gasteiger partial charge in [0.05, 0.1) is 8.07 Å². The summed E-state index contributed by atoms with van der Waals surface area (Å²) in [6, 6.07) is 4.63. The molecule has 0 saturated heterocycles. The lowest BCUT2D eigenvalue weighted by atomic mass is 10.0. The maximum atomic E-state index is 12.1. The van der Waals surface area contributed by atoms with Crippen molar-refractivity contribution in [1.82, 2.24) is 0 Å². The van der Waals surface area contributed by atoms with Crippen molar-refractivity contribution in [3.05, 3.63) is 28.8 Å². The summed E-state index contributed by atoms with van der Waals surface area (Å²) in [7, 11) is -1.42. The molecule has 1 aromatic rings. The Morgan fingerprint density at radius 1 is 1.17 bits per heavy atom. The first-order valence-corrected chi connectivity index (χ1v) is 10.6. The van der Waals surface area contributed by atoms with E-state index in [1.807, 2.05) is 0 Å². The van der Waals surface area contributed by atoms with Crippen molar-refractivity contribution in [1.29, 1.82) is 0 Å². The lowest BCUT2D eigenvalue weighted by molar-refractivity contribution is 0.0995. The maximum Gasteiger partial charge on any atom is 0.163 e. The molecule has 0 unspecified atom stereocenters. The number of carbonyl (C=O) groups excluding carboxylic acids is 1. The Balaban J connectivity index is 2.48. The topological polar surface area (TPSA) is 17.1 Å². The Morgan fingerprint density at radius 3 is 2.50 bits per heavy atom. The van der Waals surface area contributed by atoms with Crippen LogP contribution >= 0.6 is 0 Å². The van der Waals surface area contributed by atoms with Crippen LogP contribution in [-0.2, 0) is 12.8 Å². The zero-order valence-corrected chi connectivity index (χ0v) is 13.1. The molecule has 0 atom stereocenters.